The fraction of sp³-hybridized carbons (Fsp3) is 0. The summed E-state index contributed by atoms with van der Waals surface area (Å²) >= 11 is 0. The Kier molecular flexibility index (Phi) is 6.53. The molecule has 1 radical (unpaired) electrons. The number of nitrogens with zero attached hydrogens (tertiary/aromatic N) is 4. The molecule has 35 heavy (non-hydrogen) atoms. The summed E-state index contributed by atoms with van der Waals surface area (Å²) in [6.45, 7) is 0. The van der Waals surface area contributed by atoms with E-state index in [0.29, 0.717) is 0 Å². The average molecular weight is 629 g/mol. The van der Waals surface area contributed by atoms with Crippen LogP contribution >= 0.6 is 0 Å². The molecule has 7 rings (SSSR count). The molecule has 4 aromatic carbocycles. The fourth-order valence-electron chi connectivity index (χ4n) is 4.25. The smallest absolute Gasteiger partial charge is 0.217 e. The van der Waals surface area contributed by atoms with E-state index in [1.165, 1.54) is 10.8 Å². The molecule has 171 valence electrons. The Labute approximate surface area is 216 Å². The van der Waals surface area contributed by atoms with Crippen LogP contribution < -0.4 is 0 Å². The van der Waals surface area contributed by atoms with Gasteiger partial charge in [0, 0.05) is 38.7 Å². The van der Waals surface area contributed by atoms with Crippen LogP contribution in [0.2, 0.25) is 0 Å². The standard InChI is InChI=1S/C15H10N3.C15H10N.Ir/c1-2-6-12(7-3-1)18-14-9-5-4-8-13(14)17-11-10-16-15(17)18;1-2-7-13(8-3-1)15-14-9-5-4-6-12(14)10-11-16-15;/h1-6,8-11H;1-7,9-11H;/q2*-1;. The predicted octanol–water partition coefficient (Wildman–Crippen LogP) is 6.78. The van der Waals surface area contributed by atoms with Gasteiger partial charge < -0.3 is 9.55 Å². The van der Waals surface area contributed by atoms with E-state index in [4.69, 9.17) is 0 Å². The number of pyridine rings is 1. The fourth-order valence-corrected chi connectivity index (χ4v) is 4.25. The van der Waals surface area contributed by atoms with Crippen LogP contribution in [0.25, 0.3) is 44.5 Å². The van der Waals surface area contributed by atoms with E-state index in [1.807, 2.05) is 97.5 Å². The molecule has 0 amide bonds. The van der Waals surface area contributed by atoms with Crippen molar-refractivity contribution in [1.29, 1.82) is 0 Å². The van der Waals surface area contributed by atoms with Gasteiger partial charge in [0.25, 0.3) is 0 Å². The number of benzene rings is 4. The molecular formula is C30H20IrN4-2. The summed E-state index contributed by atoms with van der Waals surface area (Å²) in [6.07, 6.45) is 5.65. The number of aromatic nitrogens is 4. The van der Waals surface area contributed by atoms with Gasteiger partial charge in [0.1, 0.15) is 0 Å². The third kappa shape index (κ3) is 4.28. The molecule has 5 heteroatoms. The van der Waals surface area contributed by atoms with Crippen LogP contribution in [0.3, 0.4) is 0 Å². The largest absolute Gasteiger partial charge is 0.304 e. The van der Waals surface area contributed by atoms with Crippen LogP contribution in [-0.2, 0) is 20.1 Å². The molecule has 0 atom stereocenters. The predicted molar refractivity (Wildman–Crippen MR) is 137 cm³/mol. The topological polar surface area (TPSA) is 35.1 Å². The van der Waals surface area contributed by atoms with Crippen molar-refractivity contribution < 1.29 is 20.1 Å². The van der Waals surface area contributed by atoms with E-state index < -0.39 is 0 Å². The Bertz CT molecular complexity index is 1700. The van der Waals surface area contributed by atoms with Gasteiger partial charge in [-0.3, -0.25) is 4.40 Å². The Morgan fingerprint density at radius 2 is 1.37 bits per heavy atom. The van der Waals surface area contributed by atoms with Gasteiger partial charge in [-0.05, 0) is 34.7 Å². The zero-order valence-corrected chi connectivity index (χ0v) is 21.1. The third-order valence-electron chi connectivity index (χ3n) is 5.77. The molecular weight excluding hydrogens is 609 g/mol. The van der Waals surface area contributed by atoms with Gasteiger partial charge in [-0.1, -0.05) is 42.1 Å². The summed E-state index contributed by atoms with van der Waals surface area (Å²) in [4.78, 5) is 8.88. The summed E-state index contributed by atoms with van der Waals surface area (Å²) in [6, 6.07) is 40.9. The number of fused-ring (bicyclic) bond motifs is 4. The number of hydrogen-bond acceptors (Lipinski definition) is 2. The Balaban J connectivity index is 0.000000142. The Morgan fingerprint density at radius 3 is 2.17 bits per heavy atom. The zero-order chi connectivity index (χ0) is 22.7. The second-order valence-electron chi connectivity index (χ2n) is 7.83. The Morgan fingerprint density at radius 1 is 0.629 bits per heavy atom. The van der Waals surface area contributed by atoms with Crippen LogP contribution in [0.15, 0.2) is 122 Å². The van der Waals surface area contributed by atoms with Crippen LogP contribution in [0.1, 0.15) is 0 Å². The molecule has 0 aliphatic carbocycles. The summed E-state index contributed by atoms with van der Waals surface area (Å²) in [5, 5.41) is 2.39. The second kappa shape index (κ2) is 10.1. The van der Waals surface area contributed by atoms with Crippen molar-refractivity contribution in [3.63, 3.8) is 0 Å². The van der Waals surface area contributed by atoms with Crippen molar-refractivity contribution in [3.05, 3.63) is 134 Å². The minimum atomic E-state index is 0. The van der Waals surface area contributed by atoms with E-state index in [-0.39, 0.29) is 20.1 Å². The van der Waals surface area contributed by atoms with Crippen molar-refractivity contribution >= 4 is 27.6 Å². The third-order valence-corrected chi connectivity index (χ3v) is 5.77. The van der Waals surface area contributed by atoms with Crippen molar-refractivity contribution in [2.24, 2.45) is 0 Å². The number of para-hydroxylation sites is 3. The molecule has 3 aromatic heterocycles. The maximum Gasteiger partial charge on any atom is 0.217 e. The first-order valence-corrected chi connectivity index (χ1v) is 11.1. The molecule has 0 N–H and O–H groups in total. The van der Waals surface area contributed by atoms with Crippen LogP contribution in [0.4, 0.5) is 0 Å². The summed E-state index contributed by atoms with van der Waals surface area (Å²) in [7, 11) is 0. The van der Waals surface area contributed by atoms with Crippen LogP contribution in [-0.4, -0.2) is 18.9 Å². The van der Waals surface area contributed by atoms with Gasteiger partial charge in [0.2, 0.25) is 5.78 Å². The molecule has 0 aliphatic heterocycles. The van der Waals surface area contributed by atoms with Crippen LogP contribution in [0.5, 0.6) is 0 Å². The first-order chi connectivity index (χ1) is 16.9. The minimum Gasteiger partial charge on any atom is -0.304 e. The van der Waals surface area contributed by atoms with Gasteiger partial charge >= 0.3 is 0 Å². The summed E-state index contributed by atoms with van der Waals surface area (Å²) in [5.41, 5.74) is 5.35. The van der Waals surface area contributed by atoms with Crippen LogP contribution in [0, 0.1) is 12.1 Å². The first-order valence-electron chi connectivity index (χ1n) is 11.1. The van der Waals surface area contributed by atoms with Crippen molar-refractivity contribution in [2.75, 3.05) is 0 Å². The van der Waals surface area contributed by atoms with E-state index in [1.54, 1.807) is 0 Å². The molecule has 0 aliphatic rings. The van der Waals surface area contributed by atoms with Gasteiger partial charge in [-0.25, -0.2) is 4.98 Å². The minimum absolute atomic E-state index is 0. The number of rotatable bonds is 2. The van der Waals surface area contributed by atoms with Gasteiger partial charge in [-0.15, -0.1) is 42.0 Å². The maximum atomic E-state index is 4.45. The van der Waals surface area contributed by atoms with Crippen molar-refractivity contribution in [3.8, 4) is 16.9 Å². The van der Waals surface area contributed by atoms with E-state index in [9.17, 15) is 0 Å². The first kappa shape index (κ1) is 22.7. The summed E-state index contributed by atoms with van der Waals surface area (Å²) in [5.74, 6) is 0.915. The van der Waals surface area contributed by atoms with Crippen molar-refractivity contribution in [2.45, 2.75) is 0 Å². The monoisotopic (exact) mass is 629 g/mol. The molecule has 0 spiro atoms. The Hall–Kier alpha value is -4.05. The SMILES string of the molecule is [Ir].[c-]1ccccc1-c1nccc2ccccc12.[c-]1ccccc1-n1c2ccccc2n2ccnc12. The molecule has 0 saturated carbocycles. The molecule has 0 saturated heterocycles. The van der Waals surface area contributed by atoms with E-state index >= 15 is 0 Å². The number of hydrogen-bond donors (Lipinski definition) is 0. The number of imidazole rings is 2. The average Bonchev–Trinajstić information content (AvgIpc) is 3.51. The summed E-state index contributed by atoms with van der Waals surface area (Å²) < 4.78 is 4.21. The molecule has 0 bridgehead atoms. The van der Waals surface area contributed by atoms with Gasteiger partial charge in [0.05, 0.1) is 11.0 Å². The normalized spacial score (nSPS) is 10.6. The van der Waals surface area contributed by atoms with E-state index in [2.05, 4.69) is 55.3 Å². The van der Waals surface area contributed by atoms with Crippen molar-refractivity contribution in [1.82, 2.24) is 18.9 Å². The molecule has 3 heterocycles. The van der Waals surface area contributed by atoms with Gasteiger partial charge in [0.15, 0.2) is 0 Å². The maximum absolute atomic E-state index is 4.45. The molecule has 7 aromatic rings. The molecule has 0 unspecified atom stereocenters. The van der Waals surface area contributed by atoms with Gasteiger partial charge in [-0.2, -0.15) is 24.3 Å². The second-order valence-corrected chi connectivity index (χ2v) is 7.83. The zero-order valence-electron chi connectivity index (χ0n) is 18.7. The molecule has 0 fully saturated rings. The van der Waals surface area contributed by atoms with E-state index in [0.717, 1.165) is 33.8 Å². The quantitative estimate of drug-likeness (QED) is 0.198. The molecule has 4 nitrogen and oxygen atoms in total.